The van der Waals surface area contributed by atoms with Gasteiger partial charge in [-0.15, -0.1) is 0 Å². The largest absolute Gasteiger partial charge is 0.507 e. The highest BCUT2D eigenvalue weighted by molar-refractivity contribution is 6.02. The van der Waals surface area contributed by atoms with Crippen molar-refractivity contribution in [2.24, 2.45) is 0 Å². The number of hydrogen-bond donors (Lipinski definition) is 1. The molecule has 2 amide bonds. The first-order chi connectivity index (χ1) is 8.59. The number of likely N-dealkylation sites (tertiary alicyclic amines) is 1. The van der Waals surface area contributed by atoms with Crippen LogP contribution in [0.1, 0.15) is 24.6 Å². The van der Waals surface area contributed by atoms with Gasteiger partial charge >= 0.3 is 6.16 Å². The lowest BCUT2D eigenvalue weighted by molar-refractivity contribution is -0.151. The van der Waals surface area contributed by atoms with Gasteiger partial charge in [0.05, 0.1) is 0 Å². The van der Waals surface area contributed by atoms with Gasteiger partial charge in [-0.25, -0.2) is 9.69 Å². The van der Waals surface area contributed by atoms with Gasteiger partial charge in [0.2, 0.25) is 18.0 Å². The molecule has 1 unspecified atom stereocenters. The zero-order chi connectivity index (χ0) is 13.1. The minimum atomic E-state index is -1.53. The summed E-state index contributed by atoms with van der Waals surface area (Å²) in [6.07, 6.45) is -2.56. The van der Waals surface area contributed by atoms with Crippen molar-refractivity contribution < 1.29 is 24.2 Å². The topological polar surface area (TPSA) is 83.9 Å². The molecule has 1 atom stereocenters. The maximum Gasteiger partial charge on any atom is 0.507 e. The number of benzene rings is 1. The summed E-state index contributed by atoms with van der Waals surface area (Å²) in [5, 5.41) is 8.71. The van der Waals surface area contributed by atoms with Crippen LogP contribution < -0.4 is 0 Å². The molecular weight excluding hydrogens is 238 g/mol. The van der Waals surface area contributed by atoms with Gasteiger partial charge < -0.3 is 9.84 Å². The Balaban J connectivity index is 2.34. The molecule has 6 heteroatoms. The standard InChI is InChI=1S/C12H11NO5/c14-9-6-7-10(15)13(9)11(18-12(16)17)8-4-2-1-3-5-8/h1-5,11H,6-7H2,(H,16,17). The lowest BCUT2D eigenvalue weighted by atomic mass is 10.2. The number of rotatable bonds is 3. The third kappa shape index (κ3) is 2.32. The zero-order valence-corrected chi connectivity index (χ0v) is 9.41. The van der Waals surface area contributed by atoms with Gasteiger partial charge in [-0.3, -0.25) is 9.59 Å². The van der Waals surface area contributed by atoms with E-state index in [1.165, 1.54) is 0 Å². The second kappa shape index (κ2) is 4.87. The van der Waals surface area contributed by atoms with Crippen molar-refractivity contribution >= 4 is 18.0 Å². The predicted molar refractivity (Wildman–Crippen MR) is 59.4 cm³/mol. The van der Waals surface area contributed by atoms with E-state index in [0.717, 1.165) is 4.90 Å². The van der Waals surface area contributed by atoms with Gasteiger partial charge in [0.25, 0.3) is 0 Å². The van der Waals surface area contributed by atoms with Crippen LogP contribution in [0.3, 0.4) is 0 Å². The number of carbonyl (C=O) groups excluding carboxylic acids is 2. The van der Waals surface area contributed by atoms with Crippen molar-refractivity contribution in [1.29, 1.82) is 0 Å². The van der Waals surface area contributed by atoms with Crippen LogP contribution in [0.2, 0.25) is 0 Å². The minimum Gasteiger partial charge on any atom is -0.450 e. The van der Waals surface area contributed by atoms with E-state index in [4.69, 9.17) is 5.11 Å². The normalized spacial score (nSPS) is 16.8. The molecular formula is C12H11NO5. The van der Waals surface area contributed by atoms with Gasteiger partial charge in [-0.2, -0.15) is 0 Å². The summed E-state index contributed by atoms with van der Waals surface area (Å²) in [7, 11) is 0. The average molecular weight is 249 g/mol. The molecule has 1 aliphatic heterocycles. The van der Waals surface area contributed by atoms with Crippen LogP contribution in [0.15, 0.2) is 30.3 Å². The molecule has 18 heavy (non-hydrogen) atoms. The predicted octanol–water partition coefficient (Wildman–Crippen LogP) is 1.53. The van der Waals surface area contributed by atoms with Crippen LogP contribution in [0.4, 0.5) is 4.79 Å². The maximum atomic E-state index is 11.6. The first-order valence-corrected chi connectivity index (χ1v) is 5.39. The molecule has 2 rings (SSSR count). The summed E-state index contributed by atoms with van der Waals surface area (Å²) in [5.41, 5.74) is 0.448. The van der Waals surface area contributed by atoms with Gasteiger partial charge in [0.15, 0.2) is 0 Å². The molecule has 1 N–H and O–H groups in total. The van der Waals surface area contributed by atoms with Crippen LogP contribution in [-0.2, 0) is 14.3 Å². The summed E-state index contributed by atoms with van der Waals surface area (Å²) in [6.45, 7) is 0. The number of carboxylic acid groups (broad SMARTS) is 1. The summed E-state index contributed by atoms with van der Waals surface area (Å²) in [6, 6.07) is 8.31. The summed E-state index contributed by atoms with van der Waals surface area (Å²) in [5.74, 6) is -0.842. The highest BCUT2D eigenvalue weighted by Crippen LogP contribution is 2.27. The summed E-state index contributed by atoms with van der Waals surface area (Å²) < 4.78 is 4.66. The molecule has 1 aromatic rings. The molecule has 0 radical (unpaired) electrons. The molecule has 0 aliphatic carbocycles. The fraction of sp³-hybridized carbons (Fsp3) is 0.250. The van der Waals surface area contributed by atoms with Crippen LogP contribution in [0, 0.1) is 0 Å². The fourth-order valence-electron chi connectivity index (χ4n) is 1.84. The lowest BCUT2D eigenvalue weighted by Crippen LogP contribution is -2.36. The van der Waals surface area contributed by atoms with E-state index < -0.39 is 24.2 Å². The van der Waals surface area contributed by atoms with E-state index >= 15 is 0 Å². The Kier molecular flexibility index (Phi) is 3.27. The van der Waals surface area contributed by atoms with Gasteiger partial charge in [-0.05, 0) is 0 Å². The number of carbonyl (C=O) groups is 3. The van der Waals surface area contributed by atoms with Crippen molar-refractivity contribution in [2.75, 3.05) is 0 Å². The van der Waals surface area contributed by atoms with E-state index in [1.807, 2.05) is 0 Å². The molecule has 1 saturated heterocycles. The van der Waals surface area contributed by atoms with Crippen molar-refractivity contribution in [3.63, 3.8) is 0 Å². The molecule has 0 spiro atoms. The Bertz CT molecular complexity index is 469. The molecule has 0 bridgehead atoms. The molecule has 6 nitrogen and oxygen atoms in total. The molecule has 1 aliphatic rings. The van der Waals surface area contributed by atoms with Crippen LogP contribution in [0.25, 0.3) is 0 Å². The number of nitrogens with zero attached hydrogens (tertiary/aromatic N) is 1. The van der Waals surface area contributed by atoms with Crippen molar-refractivity contribution in [3.05, 3.63) is 35.9 Å². The first kappa shape index (κ1) is 12.1. The van der Waals surface area contributed by atoms with Crippen molar-refractivity contribution in [3.8, 4) is 0 Å². The van der Waals surface area contributed by atoms with Crippen molar-refractivity contribution in [2.45, 2.75) is 19.1 Å². The number of amides is 2. The Morgan fingerprint density at radius 2 is 1.72 bits per heavy atom. The summed E-state index contributed by atoms with van der Waals surface area (Å²) >= 11 is 0. The minimum absolute atomic E-state index is 0.0884. The Morgan fingerprint density at radius 3 is 2.22 bits per heavy atom. The smallest absolute Gasteiger partial charge is 0.450 e. The van der Waals surface area contributed by atoms with E-state index in [-0.39, 0.29) is 12.8 Å². The van der Waals surface area contributed by atoms with Crippen molar-refractivity contribution in [1.82, 2.24) is 4.90 Å². The van der Waals surface area contributed by atoms with Crippen LogP contribution in [-0.4, -0.2) is 28.0 Å². The molecule has 1 fully saturated rings. The van der Waals surface area contributed by atoms with E-state index in [1.54, 1.807) is 30.3 Å². The van der Waals surface area contributed by atoms with Crippen LogP contribution >= 0.6 is 0 Å². The first-order valence-electron chi connectivity index (χ1n) is 5.39. The SMILES string of the molecule is O=C(O)OC(c1ccccc1)N1C(=O)CCC1=O. The lowest BCUT2D eigenvalue weighted by Gasteiger charge is -2.24. The third-order valence-electron chi connectivity index (χ3n) is 2.62. The number of imide groups is 1. The van der Waals surface area contributed by atoms with Gasteiger partial charge in [0.1, 0.15) is 0 Å². The Morgan fingerprint density at radius 1 is 1.17 bits per heavy atom. The zero-order valence-electron chi connectivity index (χ0n) is 9.41. The second-order valence-electron chi connectivity index (χ2n) is 3.80. The average Bonchev–Trinajstić information content (AvgIpc) is 2.67. The van der Waals surface area contributed by atoms with Gasteiger partial charge in [-0.1, -0.05) is 30.3 Å². The molecule has 0 saturated carbocycles. The summed E-state index contributed by atoms with van der Waals surface area (Å²) in [4.78, 5) is 34.8. The quantitative estimate of drug-likeness (QED) is 0.648. The van der Waals surface area contributed by atoms with E-state index in [9.17, 15) is 14.4 Å². The Hall–Kier alpha value is -2.37. The van der Waals surface area contributed by atoms with E-state index in [2.05, 4.69) is 4.74 Å². The second-order valence-corrected chi connectivity index (χ2v) is 3.80. The molecule has 0 aromatic heterocycles. The molecule has 1 aromatic carbocycles. The fourth-order valence-corrected chi connectivity index (χ4v) is 1.84. The van der Waals surface area contributed by atoms with Crippen LogP contribution in [0.5, 0.6) is 0 Å². The highest BCUT2D eigenvalue weighted by atomic mass is 16.7. The van der Waals surface area contributed by atoms with Gasteiger partial charge in [0, 0.05) is 18.4 Å². The number of ether oxygens (including phenoxy) is 1. The monoisotopic (exact) mass is 249 g/mol. The third-order valence-corrected chi connectivity index (χ3v) is 2.62. The Labute approximate surface area is 103 Å². The molecule has 94 valence electrons. The van der Waals surface area contributed by atoms with E-state index in [0.29, 0.717) is 5.56 Å². The maximum absolute atomic E-state index is 11.6. The number of hydrogen-bond acceptors (Lipinski definition) is 4. The molecule has 1 heterocycles. The highest BCUT2D eigenvalue weighted by Gasteiger charge is 2.38.